The van der Waals surface area contributed by atoms with Gasteiger partial charge in [0.1, 0.15) is 17.4 Å². The highest BCUT2D eigenvalue weighted by Gasteiger charge is 2.14. The summed E-state index contributed by atoms with van der Waals surface area (Å²) in [5.41, 5.74) is 1.54. The van der Waals surface area contributed by atoms with Gasteiger partial charge in [-0.05, 0) is 36.3 Å². The van der Waals surface area contributed by atoms with Crippen molar-refractivity contribution in [3.63, 3.8) is 0 Å². The van der Waals surface area contributed by atoms with Crippen LogP contribution in [0.15, 0.2) is 54.2 Å². The van der Waals surface area contributed by atoms with Gasteiger partial charge in [0.2, 0.25) is 0 Å². The zero-order valence-electron chi connectivity index (χ0n) is 16.7. The average molecular weight is 472 g/mol. The zero-order valence-corrected chi connectivity index (χ0v) is 19.0. The third-order valence-corrected chi connectivity index (χ3v) is 5.70. The third-order valence-electron chi connectivity index (χ3n) is 4.20. The second kappa shape index (κ2) is 11.0. The minimum atomic E-state index is -0.529. The maximum Gasteiger partial charge on any atom is 0.268 e. The van der Waals surface area contributed by atoms with E-state index in [1.54, 1.807) is 24.4 Å². The highest BCUT2D eigenvalue weighted by atomic mass is 35.5. The Morgan fingerprint density at radius 3 is 2.84 bits per heavy atom. The van der Waals surface area contributed by atoms with Gasteiger partial charge < -0.3 is 4.74 Å². The molecule has 0 aliphatic rings. The van der Waals surface area contributed by atoms with Crippen LogP contribution in [0.1, 0.15) is 29.3 Å². The molecule has 0 spiro atoms. The molecule has 1 heterocycles. The zero-order chi connectivity index (χ0) is 22.2. The number of rotatable bonds is 8. The molecule has 3 rings (SSSR count). The van der Waals surface area contributed by atoms with Crippen LogP contribution in [0.3, 0.4) is 0 Å². The fraction of sp³-hybridized carbons (Fsp3) is 0.174. The van der Waals surface area contributed by atoms with E-state index in [1.165, 1.54) is 17.4 Å². The maximum absolute atomic E-state index is 12.6. The molecule has 0 saturated carbocycles. The second-order valence-electron chi connectivity index (χ2n) is 6.55. The SMILES string of the molecule is CCCOc1ccccc1/C=C(\C#N)C(=O)Nc1ncc(Cc2ccc(Cl)cc2Cl)s1. The van der Waals surface area contributed by atoms with Gasteiger partial charge in [-0.25, -0.2) is 4.98 Å². The number of benzene rings is 2. The molecule has 3 aromatic rings. The van der Waals surface area contributed by atoms with Crippen LogP contribution in [0.4, 0.5) is 5.13 Å². The van der Waals surface area contributed by atoms with Crippen molar-refractivity contribution in [1.29, 1.82) is 5.26 Å². The van der Waals surface area contributed by atoms with Crippen molar-refractivity contribution in [2.24, 2.45) is 0 Å². The molecule has 0 unspecified atom stereocenters. The number of para-hydroxylation sites is 1. The fourth-order valence-electron chi connectivity index (χ4n) is 2.71. The lowest BCUT2D eigenvalue weighted by Crippen LogP contribution is -2.13. The summed E-state index contributed by atoms with van der Waals surface area (Å²) in [4.78, 5) is 17.8. The lowest BCUT2D eigenvalue weighted by Gasteiger charge is -2.08. The summed E-state index contributed by atoms with van der Waals surface area (Å²) in [6, 6.07) is 14.6. The number of ether oxygens (including phenoxy) is 1. The molecule has 0 radical (unpaired) electrons. The van der Waals surface area contributed by atoms with E-state index < -0.39 is 5.91 Å². The van der Waals surface area contributed by atoms with Crippen molar-refractivity contribution >= 4 is 51.7 Å². The van der Waals surface area contributed by atoms with E-state index in [-0.39, 0.29) is 5.57 Å². The summed E-state index contributed by atoms with van der Waals surface area (Å²) < 4.78 is 5.69. The van der Waals surface area contributed by atoms with Crippen LogP contribution in [0.5, 0.6) is 5.75 Å². The lowest BCUT2D eigenvalue weighted by atomic mass is 10.1. The predicted octanol–water partition coefficient (Wildman–Crippen LogP) is 6.38. The van der Waals surface area contributed by atoms with Gasteiger partial charge >= 0.3 is 0 Å². The minimum Gasteiger partial charge on any atom is -0.493 e. The van der Waals surface area contributed by atoms with E-state index in [0.717, 1.165) is 16.9 Å². The first kappa shape index (κ1) is 22.8. The van der Waals surface area contributed by atoms with Crippen LogP contribution in [-0.2, 0) is 11.2 Å². The number of carbonyl (C=O) groups is 1. The van der Waals surface area contributed by atoms with E-state index in [0.29, 0.717) is 39.5 Å². The molecule has 0 atom stereocenters. The van der Waals surface area contributed by atoms with Crippen molar-refractivity contribution in [3.8, 4) is 11.8 Å². The van der Waals surface area contributed by atoms with Gasteiger partial charge in [-0.2, -0.15) is 5.26 Å². The Labute approximate surface area is 194 Å². The van der Waals surface area contributed by atoms with Crippen LogP contribution in [0.25, 0.3) is 6.08 Å². The van der Waals surface area contributed by atoms with Crippen molar-refractivity contribution in [2.75, 3.05) is 11.9 Å². The van der Waals surface area contributed by atoms with E-state index in [4.69, 9.17) is 27.9 Å². The molecule has 1 aromatic heterocycles. The standard InChI is InChI=1S/C23H19Cl2N3O2S/c1-2-9-30-21-6-4-3-5-16(21)10-17(13-26)22(29)28-23-27-14-19(31-23)11-15-7-8-18(24)12-20(15)25/h3-8,10,12,14H,2,9,11H2,1H3,(H,27,28,29)/b17-10+. The van der Waals surface area contributed by atoms with E-state index >= 15 is 0 Å². The number of nitriles is 1. The number of carbonyl (C=O) groups excluding carboxylic acids is 1. The summed E-state index contributed by atoms with van der Waals surface area (Å²) in [6.45, 7) is 2.56. The maximum atomic E-state index is 12.6. The van der Waals surface area contributed by atoms with Gasteiger partial charge in [-0.1, -0.05) is 54.4 Å². The Hall–Kier alpha value is -2.85. The number of thiazole rings is 1. The van der Waals surface area contributed by atoms with Crippen molar-refractivity contribution < 1.29 is 9.53 Å². The number of nitrogens with one attached hydrogen (secondary N) is 1. The normalized spacial score (nSPS) is 11.1. The molecule has 31 heavy (non-hydrogen) atoms. The first-order valence-electron chi connectivity index (χ1n) is 9.53. The molecule has 0 aliphatic carbocycles. The summed E-state index contributed by atoms with van der Waals surface area (Å²) in [5, 5.41) is 13.7. The molecule has 5 nitrogen and oxygen atoms in total. The number of halogens is 2. The molecule has 0 fully saturated rings. The average Bonchev–Trinajstić information content (AvgIpc) is 3.19. The van der Waals surface area contributed by atoms with Crippen molar-refractivity contribution in [1.82, 2.24) is 4.98 Å². The topological polar surface area (TPSA) is 75.0 Å². The van der Waals surface area contributed by atoms with Crippen molar-refractivity contribution in [3.05, 3.63) is 80.3 Å². The van der Waals surface area contributed by atoms with Crippen LogP contribution in [0, 0.1) is 11.3 Å². The van der Waals surface area contributed by atoms with Gasteiger partial charge in [0, 0.05) is 33.1 Å². The largest absolute Gasteiger partial charge is 0.493 e. The fourth-order valence-corrected chi connectivity index (χ4v) is 4.02. The number of anilines is 1. The monoisotopic (exact) mass is 471 g/mol. The summed E-state index contributed by atoms with van der Waals surface area (Å²) in [7, 11) is 0. The quantitative estimate of drug-likeness (QED) is 0.305. The van der Waals surface area contributed by atoms with Crippen LogP contribution in [0.2, 0.25) is 10.0 Å². The Morgan fingerprint density at radius 2 is 2.10 bits per heavy atom. The molecular formula is C23H19Cl2N3O2S. The summed E-state index contributed by atoms with van der Waals surface area (Å²) in [5.74, 6) is 0.0968. The Bertz CT molecular complexity index is 1150. The lowest BCUT2D eigenvalue weighted by molar-refractivity contribution is -0.112. The summed E-state index contributed by atoms with van der Waals surface area (Å²) >= 11 is 13.5. The number of aromatic nitrogens is 1. The molecule has 158 valence electrons. The molecule has 1 amide bonds. The second-order valence-corrected chi connectivity index (χ2v) is 8.51. The highest BCUT2D eigenvalue weighted by Crippen LogP contribution is 2.27. The van der Waals surface area contributed by atoms with Gasteiger partial charge in [0.25, 0.3) is 5.91 Å². The molecule has 0 bridgehead atoms. The third kappa shape index (κ3) is 6.31. The molecule has 0 saturated heterocycles. The van der Waals surface area contributed by atoms with E-state index in [2.05, 4.69) is 10.3 Å². The summed E-state index contributed by atoms with van der Waals surface area (Å²) in [6.07, 6.45) is 4.61. The minimum absolute atomic E-state index is 0.0370. The van der Waals surface area contributed by atoms with Gasteiger partial charge in [0.05, 0.1) is 6.61 Å². The van der Waals surface area contributed by atoms with Crippen molar-refractivity contribution in [2.45, 2.75) is 19.8 Å². The predicted molar refractivity (Wildman–Crippen MR) is 126 cm³/mol. The Kier molecular flexibility index (Phi) is 8.07. The molecular weight excluding hydrogens is 453 g/mol. The van der Waals surface area contributed by atoms with E-state index in [9.17, 15) is 10.1 Å². The number of hydrogen-bond donors (Lipinski definition) is 1. The number of nitrogens with zero attached hydrogens (tertiary/aromatic N) is 2. The van der Waals surface area contributed by atoms with Crippen LogP contribution < -0.4 is 10.1 Å². The van der Waals surface area contributed by atoms with Gasteiger partial charge in [0.15, 0.2) is 5.13 Å². The Balaban J connectivity index is 1.72. The van der Waals surface area contributed by atoms with Gasteiger partial charge in [-0.15, -0.1) is 11.3 Å². The Morgan fingerprint density at radius 1 is 1.29 bits per heavy atom. The van der Waals surface area contributed by atoms with Crippen LogP contribution >= 0.6 is 34.5 Å². The van der Waals surface area contributed by atoms with E-state index in [1.807, 2.05) is 37.3 Å². The van der Waals surface area contributed by atoms with Gasteiger partial charge in [-0.3, -0.25) is 10.1 Å². The first-order valence-corrected chi connectivity index (χ1v) is 11.1. The number of hydrogen-bond acceptors (Lipinski definition) is 5. The molecule has 2 aromatic carbocycles. The molecule has 0 aliphatic heterocycles. The smallest absolute Gasteiger partial charge is 0.268 e. The molecule has 8 heteroatoms. The molecule has 1 N–H and O–H groups in total. The highest BCUT2D eigenvalue weighted by molar-refractivity contribution is 7.15. The first-order chi connectivity index (χ1) is 15.0. The number of amides is 1. The van der Waals surface area contributed by atoms with Crippen LogP contribution in [-0.4, -0.2) is 17.5 Å².